The molecule has 2 atom stereocenters. The molecular formula is C24H31NO5S. The van der Waals surface area contributed by atoms with Crippen LogP contribution in [0.4, 0.5) is 5.69 Å². The number of thiophene rings is 1. The lowest BCUT2D eigenvalue weighted by atomic mass is 10.1. The van der Waals surface area contributed by atoms with Gasteiger partial charge in [-0.25, -0.2) is 4.79 Å². The second kappa shape index (κ2) is 11.4. The maximum atomic E-state index is 12.5. The molecule has 1 unspecified atom stereocenters. The molecule has 1 aliphatic heterocycles. The first kappa shape index (κ1) is 23.4. The molecule has 1 N–H and O–H groups in total. The van der Waals surface area contributed by atoms with Crippen molar-refractivity contribution < 1.29 is 24.2 Å². The van der Waals surface area contributed by atoms with Gasteiger partial charge in [0.05, 0.1) is 38.9 Å². The molecule has 0 spiro atoms. The van der Waals surface area contributed by atoms with Crippen molar-refractivity contribution in [3.8, 4) is 0 Å². The van der Waals surface area contributed by atoms with Crippen LogP contribution in [0.5, 0.6) is 0 Å². The Bertz CT molecular complexity index is 863. The zero-order valence-electron chi connectivity index (χ0n) is 18.2. The summed E-state index contributed by atoms with van der Waals surface area (Å²) < 4.78 is 10.5. The monoisotopic (exact) mass is 445 g/mol. The molecule has 0 radical (unpaired) electrons. The molecule has 2 aromatic rings. The van der Waals surface area contributed by atoms with Gasteiger partial charge in [0.15, 0.2) is 0 Å². The zero-order chi connectivity index (χ0) is 22.2. The first-order chi connectivity index (χ1) is 15.0. The van der Waals surface area contributed by atoms with Crippen LogP contribution in [0, 0.1) is 0 Å². The molecule has 31 heavy (non-hydrogen) atoms. The number of aliphatic hydroxyl groups is 1. The molecule has 1 amide bonds. The second-order valence-corrected chi connectivity index (χ2v) is 9.02. The lowest BCUT2D eigenvalue weighted by Crippen LogP contribution is -2.40. The summed E-state index contributed by atoms with van der Waals surface area (Å²) in [6.45, 7) is 2.73. The van der Waals surface area contributed by atoms with Gasteiger partial charge in [0.2, 0.25) is 5.91 Å². The number of aliphatic hydroxyl groups excluding tert-OH is 1. The van der Waals surface area contributed by atoms with E-state index in [-0.39, 0.29) is 24.9 Å². The van der Waals surface area contributed by atoms with E-state index in [0.717, 1.165) is 17.0 Å². The highest BCUT2D eigenvalue weighted by atomic mass is 32.1. The molecular weight excluding hydrogens is 414 g/mol. The van der Waals surface area contributed by atoms with Gasteiger partial charge in [-0.3, -0.25) is 4.79 Å². The fourth-order valence-corrected chi connectivity index (χ4v) is 4.68. The van der Waals surface area contributed by atoms with E-state index in [9.17, 15) is 14.7 Å². The summed E-state index contributed by atoms with van der Waals surface area (Å²) in [6.07, 6.45) is 5.26. The number of carbonyl (C=O) groups excluding carboxylic acids is 2. The summed E-state index contributed by atoms with van der Waals surface area (Å²) in [4.78, 5) is 27.2. The lowest BCUT2D eigenvalue weighted by molar-refractivity contribution is -0.117. The van der Waals surface area contributed by atoms with Gasteiger partial charge in [-0.2, -0.15) is 0 Å². The number of aryl methyl sites for hydroxylation is 1. The van der Waals surface area contributed by atoms with Gasteiger partial charge in [0.25, 0.3) is 0 Å². The van der Waals surface area contributed by atoms with E-state index in [0.29, 0.717) is 11.5 Å². The number of anilines is 1. The quantitative estimate of drug-likeness (QED) is 0.411. The van der Waals surface area contributed by atoms with Crippen molar-refractivity contribution in [1.29, 1.82) is 0 Å². The smallest absolute Gasteiger partial charge is 0.348 e. The van der Waals surface area contributed by atoms with E-state index in [1.165, 1.54) is 49.7 Å². The van der Waals surface area contributed by atoms with Crippen molar-refractivity contribution in [2.45, 2.75) is 64.2 Å². The Balaban J connectivity index is 1.57. The van der Waals surface area contributed by atoms with Crippen LogP contribution >= 0.6 is 11.3 Å². The van der Waals surface area contributed by atoms with Crippen molar-refractivity contribution in [3.63, 3.8) is 0 Å². The minimum absolute atomic E-state index is 0.0955. The van der Waals surface area contributed by atoms with Gasteiger partial charge in [0, 0.05) is 10.6 Å². The number of ether oxygens (including phenoxy) is 2. The summed E-state index contributed by atoms with van der Waals surface area (Å²) >= 11 is 1.31. The molecule has 6 nitrogen and oxygen atoms in total. The van der Waals surface area contributed by atoms with Crippen LogP contribution in [0.25, 0.3) is 0 Å². The molecule has 0 bridgehead atoms. The number of hydrogen-bond donors (Lipinski definition) is 1. The maximum absolute atomic E-state index is 12.5. The molecule has 1 aromatic heterocycles. The third-order valence-electron chi connectivity index (χ3n) is 5.54. The van der Waals surface area contributed by atoms with Gasteiger partial charge in [-0.15, -0.1) is 11.3 Å². The lowest BCUT2D eigenvalue weighted by Gasteiger charge is -2.26. The number of benzene rings is 1. The highest BCUT2D eigenvalue weighted by Crippen LogP contribution is 2.28. The van der Waals surface area contributed by atoms with Crippen LogP contribution in [0.15, 0.2) is 36.4 Å². The molecule has 1 saturated heterocycles. The van der Waals surface area contributed by atoms with Crippen LogP contribution in [-0.2, 0) is 27.3 Å². The van der Waals surface area contributed by atoms with E-state index in [1.807, 2.05) is 18.2 Å². The second-order valence-electron chi connectivity index (χ2n) is 7.85. The van der Waals surface area contributed by atoms with Gasteiger partial charge in [-0.05, 0) is 42.7 Å². The van der Waals surface area contributed by atoms with E-state index in [4.69, 9.17) is 9.47 Å². The van der Waals surface area contributed by atoms with E-state index < -0.39 is 12.1 Å². The van der Waals surface area contributed by atoms with Crippen molar-refractivity contribution >= 4 is 28.9 Å². The fraction of sp³-hybridized carbons (Fsp3) is 0.500. The molecule has 1 aromatic carbocycles. The van der Waals surface area contributed by atoms with Crippen LogP contribution in [0.3, 0.4) is 0 Å². The first-order valence-electron chi connectivity index (χ1n) is 10.9. The minimum Gasteiger partial charge on any atom is -0.465 e. The Morgan fingerprint density at radius 1 is 1.16 bits per heavy atom. The Morgan fingerprint density at radius 2 is 1.94 bits per heavy atom. The molecule has 168 valence electrons. The number of rotatable bonds is 11. The molecule has 0 saturated carbocycles. The number of unbranched alkanes of at least 4 members (excludes halogenated alkanes) is 3. The highest BCUT2D eigenvalue weighted by molar-refractivity contribution is 7.13. The topological polar surface area (TPSA) is 76.1 Å². The van der Waals surface area contributed by atoms with Crippen molar-refractivity contribution in [2.75, 3.05) is 18.6 Å². The number of methoxy groups -OCH3 is 1. The van der Waals surface area contributed by atoms with Crippen molar-refractivity contribution in [2.24, 2.45) is 0 Å². The minimum atomic E-state index is -0.768. The number of carbonyl (C=O) groups is 2. The number of esters is 1. The van der Waals surface area contributed by atoms with Crippen LogP contribution < -0.4 is 4.90 Å². The van der Waals surface area contributed by atoms with E-state index in [1.54, 1.807) is 11.0 Å². The molecule has 7 heteroatoms. The van der Waals surface area contributed by atoms with Crippen LogP contribution in [0.2, 0.25) is 0 Å². The first-order valence-corrected chi connectivity index (χ1v) is 11.7. The van der Waals surface area contributed by atoms with Gasteiger partial charge < -0.3 is 19.5 Å². The number of nitrogens with zero attached hydrogens (tertiary/aromatic N) is 1. The predicted octanol–water partition coefficient (Wildman–Crippen LogP) is 4.34. The Kier molecular flexibility index (Phi) is 8.63. The average molecular weight is 446 g/mol. The highest BCUT2D eigenvalue weighted by Gasteiger charge is 2.39. The van der Waals surface area contributed by atoms with E-state index in [2.05, 4.69) is 19.1 Å². The van der Waals surface area contributed by atoms with E-state index >= 15 is 0 Å². The Hall–Kier alpha value is -2.22. The third-order valence-corrected chi connectivity index (χ3v) is 6.58. The summed E-state index contributed by atoms with van der Waals surface area (Å²) in [7, 11) is 1.35. The fourth-order valence-electron chi connectivity index (χ4n) is 3.82. The molecule has 1 fully saturated rings. The molecule has 1 aliphatic rings. The number of amides is 1. The molecule has 0 aliphatic carbocycles. The zero-order valence-corrected chi connectivity index (χ0v) is 19.0. The van der Waals surface area contributed by atoms with Gasteiger partial charge >= 0.3 is 5.97 Å². The van der Waals surface area contributed by atoms with Crippen molar-refractivity contribution in [3.05, 3.63) is 51.7 Å². The summed E-state index contributed by atoms with van der Waals surface area (Å²) in [6, 6.07) is 11.2. The van der Waals surface area contributed by atoms with Gasteiger partial charge in [0.1, 0.15) is 4.88 Å². The molecule has 3 rings (SSSR count). The van der Waals surface area contributed by atoms with Gasteiger partial charge in [-0.1, -0.05) is 38.3 Å². The molecule has 2 heterocycles. The third kappa shape index (κ3) is 6.15. The SMILES string of the molecule is CCCCCCc1ccc(N2C(=O)C[C@H](O)C2COCc2ccc(C(=O)OC)s2)cc1. The summed E-state index contributed by atoms with van der Waals surface area (Å²) in [5, 5.41) is 10.4. The normalized spacial score (nSPS) is 18.5. The number of hydrogen-bond acceptors (Lipinski definition) is 6. The average Bonchev–Trinajstić information content (AvgIpc) is 3.35. The van der Waals surface area contributed by atoms with Crippen molar-refractivity contribution in [1.82, 2.24) is 0 Å². The van der Waals surface area contributed by atoms with Crippen LogP contribution in [-0.4, -0.2) is 42.8 Å². The predicted molar refractivity (Wildman–Crippen MR) is 122 cm³/mol. The Labute approximate surface area is 187 Å². The maximum Gasteiger partial charge on any atom is 0.348 e. The standard InChI is InChI=1S/C24H31NO5S/c1-3-4-5-6-7-17-8-10-18(11-9-17)25-20(21(26)14-23(25)27)16-30-15-19-12-13-22(31-19)24(28)29-2/h8-13,20-21,26H,3-7,14-16H2,1-2H3/t20?,21-/m0/s1. The Morgan fingerprint density at radius 3 is 2.65 bits per heavy atom. The van der Waals surface area contributed by atoms with Crippen LogP contribution in [0.1, 0.15) is 59.1 Å². The summed E-state index contributed by atoms with van der Waals surface area (Å²) in [5.41, 5.74) is 2.05. The largest absolute Gasteiger partial charge is 0.465 e. The summed E-state index contributed by atoms with van der Waals surface area (Å²) in [5.74, 6) is -0.464.